The fraction of sp³-hybridized carbons (Fsp3) is 0.318. The van der Waals surface area contributed by atoms with Crippen LogP contribution >= 0.6 is 15.9 Å². The maximum absolute atomic E-state index is 12.5. The van der Waals surface area contributed by atoms with Crippen molar-refractivity contribution in [3.05, 3.63) is 63.5 Å². The molecule has 1 aliphatic rings. The zero-order valence-electron chi connectivity index (χ0n) is 17.3. The fourth-order valence-corrected chi connectivity index (χ4v) is 3.91. The van der Waals surface area contributed by atoms with Crippen LogP contribution in [0.25, 0.3) is 11.0 Å². The number of anilines is 1. The molecule has 1 N–H and O–H groups in total. The van der Waals surface area contributed by atoms with Crippen LogP contribution in [0.1, 0.15) is 0 Å². The maximum Gasteiger partial charge on any atom is 0.321 e. The maximum atomic E-state index is 12.5. The number of piperazine rings is 1. The van der Waals surface area contributed by atoms with Gasteiger partial charge in [0.25, 0.3) is 5.56 Å². The Morgan fingerprint density at radius 2 is 1.84 bits per heavy atom. The molecule has 2 aromatic heterocycles. The lowest BCUT2D eigenvalue weighted by Gasteiger charge is -2.34. The SMILES string of the molecule is COc1cnc2ccc(=O)n(CCN3CCN(C(=O)Nc4ccc(Br)cc4)CC3)c2c1. The van der Waals surface area contributed by atoms with E-state index in [-0.39, 0.29) is 11.6 Å². The molecule has 3 aromatic rings. The standard InChI is InChI=1S/C22H24BrN5O3/c1-31-18-14-20-19(24-15-18)6-7-21(29)28(20)13-10-26-8-11-27(12-9-26)22(30)25-17-4-2-16(23)3-5-17/h2-7,14-15H,8-13H2,1H3,(H,25,30). The molecule has 4 rings (SSSR count). The number of carbonyl (C=O) groups excluding carboxylic acids is 1. The summed E-state index contributed by atoms with van der Waals surface area (Å²) in [5, 5.41) is 2.93. The molecule has 8 nitrogen and oxygen atoms in total. The molecule has 1 fully saturated rings. The van der Waals surface area contributed by atoms with Crippen LogP contribution in [-0.2, 0) is 6.54 Å². The number of carbonyl (C=O) groups is 1. The van der Waals surface area contributed by atoms with Crippen molar-refractivity contribution in [1.82, 2.24) is 19.4 Å². The number of halogens is 1. The predicted molar refractivity (Wildman–Crippen MR) is 124 cm³/mol. The van der Waals surface area contributed by atoms with E-state index in [1.54, 1.807) is 30.0 Å². The molecule has 0 unspecified atom stereocenters. The molecule has 0 saturated carbocycles. The molecule has 0 radical (unpaired) electrons. The number of nitrogens with one attached hydrogen (secondary N) is 1. The van der Waals surface area contributed by atoms with Gasteiger partial charge in [-0.25, -0.2) is 4.79 Å². The topological polar surface area (TPSA) is 79.7 Å². The lowest BCUT2D eigenvalue weighted by Crippen LogP contribution is -2.50. The quantitative estimate of drug-likeness (QED) is 0.600. The first kappa shape index (κ1) is 21.3. The number of hydrogen-bond donors (Lipinski definition) is 1. The molecule has 2 amide bonds. The second-order valence-corrected chi connectivity index (χ2v) is 8.28. The van der Waals surface area contributed by atoms with Gasteiger partial charge in [0.15, 0.2) is 0 Å². The van der Waals surface area contributed by atoms with E-state index in [1.165, 1.54) is 0 Å². The van der Waals surface area contributed by atoms with Crippen molar-refractivity contribution in [2.24, 2.45) is 0 Å². The molecule has 9 heteroatoms. The Bertz CT molecular complexity index is 1120. The van der Waals surface area contributed by atoms with Gasteiger partial charge in [-0.2, -0.15) is 0 Å². The Labute approximate surface area is 188 Å². The second kappa shape index (κ2) is 9.49. The lowest BCUT2D eigenvalue weighted by molar-refractivity contribution is 0.144. The molecule has 1 saturated heterocycles. The van der Waals surface area contributed by atoms with Crippen molar-refractivity contribution < 1.29 is 9.53 Å². The smallest absolute Gasteiger partial charge is 0.321 e. The molecule has 3 heterocycles. The molecule has 0 atom stereocenters. The third kappa shape index (κ3) is 5.05. The van der Waals surface area contributed by atoms with E-state index >= 15 is 0 Å². The average molecular weight is 486 g/mol. The third-order valence-corrected chi connectivity index (χ3v) is 5.97. The molecule has 0 aliphatic carbocycles. The number of benzene rings is 1. The van der Waals surface area contributed by atoms with Crippen molar-refractivity contribution in [3.8, 4) is 5.75 Å². The van der Waals surface area contributed by atoms with Gasteiger partial charge in [-0.3, -0.25) is 14.7 Å². The zero-order chi connectivity index (χ0) is 21.8. The third-order valence-electron chi connectivity index (χ3n) is 5.44. The zero-order valence-corrected chi connectivity index (χ0v) is 18.8. The molecule has 1 aromatic carbocycles. The highest BCUT2D eigenvalue weighted by Gasteiger charge is 2.21. The number of fused-ring (bicyclic) bond motifs is 1. The molecular weight excluding hydrogens is 462 g/mol. The largest absolute Gasteiger partial charge is 0.495 e. The number of ether oxygens (including phenoxy) is 1. The molecule has 31 heavy (non-hydrogen) atoms. The van der Waals surface area contributed by atoms with Crippen LogP contribution in [0.3, 0.4) is 0 Å². The minimum Gasteiger partial charge on any atom is -0.495 e. The summed E-state index contributed by atoms with van der Waals surface area (Å²) in [6, 6.07) is 12.6. The molecule has 162 valence electrons. The van der Waals surface area contributed by atoms with Gasteiger partial charge in [0.1, 0.15) is 5.75 Å². The monoisotopic (exact) mass is 485 g/mol. The summed E-state index contributed by atoms with van der Waals surface area (Å²) >= 11 is 3.39. The highest BCUT2D eigenvalue weighted by Crippen LogP contribution is 2.17. The number of rotatable bonds is 5. The number of hydrogen-bond acceptors (Lipinski definition) is 5. The Morgan fingerprint density at radius 1 is 1.10 bits per heavy atom. The van der Waals surface area contributed by atoms with Crippen LogP contribution < -0.4 is 15.6 Å². The molecular formula is C22H24BrN5O3. The first-order valence-electron chi connectivity index (χ1n) is 10.1. The van der Waals surface area contributed by atoms with E-state index < -0.39 is 0 Å². The van der Waals surface area contributed by atoms with Crippen LogP contribution in [0.2, 0.25) is 0 Å². The summed E-state index contributed by atoms with van der Waals surface area (Å²) in [6.07, 6.45) is 1.65. The van der Waals surface area contributed by atoms with Gasteiger partial charge < -0.3 is 19.5 Å². The Morgan fingerprint density at radius 3 is 2.55 bits per heavy atom. The molecule has 1 aliphatic heterocycles. The summed E-state index contributed by atoms with van der Waals surface area (Å²) in [6.45, 7) is 4.07. The van der Waals surface area contributed by atoms with Gasteiger partial charge in [0.2, 0.25) is 0 Å². The van der Waals surface area contributed by atoms with E-state index in [9.17, 15) is 9.59 Å². The number of methoxy groups -OCH3 is 1. The first-order chi connectivity index (χ1) is 15.0. The summed E-state index contributed by atoms with van der Waals surface area (Å²) < 4.78 is 7.96. The number of amides is 2. The number of nitrogens with zero attached hydrogens (tertiary/aromatic N) is 4. The minimum absolute atomic E-state index is 0.0601. The average Bonchev–Trinajstić information content (AvgIpc) is 2.80. The van der Waals surface area contributed by atoms with Gasteiger partial charge in [-0.15, -0.1) is 0 Å². The second-order valence-electron chi connectivity index (χ2n) is 7.37. The van der Waals surface area contributed by atoms with Gasteiger partial charge in [0.05, 0.1) is 24.3 Å². The van der Waals surface area contributed by atoms with Crippen LogP contribution in [0.15, 0.2) is 57.9 Å². The van der Waals surface area contributed by atoms with Crippen molar-refractivity contribution in [2.45, 2.75) is 6.54 Å². The van der Waals surface area contributed by atoms with Crippen molar-refractivity contribution >= 4 is 38.7 Å². The van der Waals surface area contributed by atoms with Gasteiger partial charge in [-0.1, -0.05) is 15.9 Å². The van der Waals surface area contributed by atoms with E-state index in [1.807, 2.05) is 35.2 Å². The van der Waals surface area contributed by atoms with Gasteiger partial charge in [0, 0.05) is 61.6 Å². The van der Waals surface area contributed by atoms with Crippen molar-refractivity contribution in [2.75, 3.05) is 45.2 Å². The summed E-state index contributed by atoms with van der Waals surface area (Å²) in [5.41, 5.74) is 2.24. The summed E-state index contributed by atoms with van der Waals surface area (Å²) in [7, 11) is 1.58. The van der Waals surface area contributed by atoms with E-state index in [2.05, 4.69) is 31.1 Å². The molecule has 0 spiro atoms. The number of pyridine rings is 2. The Hall–Kier alpha value is -2.91. The summed E-state index contributed by atoms with van der Waals surface area (Å²) in [5.74, 6) is 0.622. The van der Waals surface area contributed by atoms with E-state index in [0.29, 0.717) is 25.4 Å². The van der Waals surface area contributed by atoms with Crippen LogP contribution in [-0.4, -0.2) is 65.2 Å². The van der Waals surface area contributed by atoms with E-state index in [0.717, 1.165) is 40.8 Å². The fourth-order valence-electron chi connectivity index (χ4n) is 3.64. The van der Waals surface area contributed by atoms with Crippen molar-refractivity contribution in [3.63, 3.8) is 0 Å². The van der Waals surface area contributed by atoms with Crippen LogP contribution in [0, 0.1) is 0 Å². The minimum atomic E-state index is -0.0922. The Balaban J connectivity index is 1.34. The van der Waals surface area contributed by atoms with Crippen LogP contribution in [0.5, 0.6) is 5.75 Å². The normalized spacial score (nSPS) is 14.6. The highest BCUT2D eigenvalue weighted by molar-refractivity contribution is 9.10. The lowest BCUT2D eigenvalue weighted by atomic mass is 10.3. The number of urea groups is 1. The van der Waals surface area contributed by atoms with Crippen LogP contribution in [0.4, 0.5) is 10.5 Å². The number of aromatic nitrogens is 2. The highest BCUT2D eigenvalue weighted by atomic mass is 79.9. The Kier molecular flexibility index (Phi) is 6.53. The summed E-state index contributed by atoms with van der Waals surface area (Å²) in [4.78, 5) is 33.4. The van der Waals surface area contributed by atoms with E-state index in [4.69, 9.17) is 4.74 Å². The molecule has 0 bridgehead atoms. The first-order valence-corrected chi connectivity index (χ1v) is 10.9. The van der Waals surface area contributed by atoms with Crippen molar-refractivity contribution in [1.29, 1.82) is 0 Å². The van der Waals surface area contributed by atoms with Gasteiger partial charge >= 0.3 is 6.03 Å². The predicted octanol–water partition coefficient (Wildman–Crippen LogP) is 3.02. The van der Waals surface area contributed by atoms with Gasteiger partial charge in [-0.05, 0) is 30.3 Å².